The molecule has 0 fully saturated rings. The van der Waals surface area contributed by atoms with Crippen molar-refractivity contribution in [3.8, 4) is 0 Å². The van der Waals surface area contributed by atoms with Crippen molar-refractivity contribution in [2.75, 3.05) is 0 Å². The Morgan fingerprint density at radius 1 is 1.29 bits per heavy atom. The van der Waals surface area contributed by atoms with E-state index in [1.807, 2.05) is 6.07 Å². The Kier molecular flexibility index (Phi) is 3.76. The summed E-state index contributed by atoms with van der Waals surface area (Å²) in [5, 5.41) is 0. The van der Waals surface area contributed by atoms with Gasteiger partial charge in [0.1, 0.15) is 12.1 Å². The topological polar surface area (TPSA) is 48.3 Å². The van der Waals surface area contributed by atoms with Gasteiger partial charge in [-0.3, -0.25) is 9.59 Å². The fourth-order valence-corrected chi connectivity index (χ4v) is 1.48. The van der Waals surface area contributed by atoms with Crippen LogP contribution in [-0.4, -0.2) is 16.1 Å². The number of pyridine rings is 1. The molecule has 1 aromatic heterocycles. The highest BCUT2D eigenvalue weighted by Crippen LogP contribution is 2.08. The molecule has 0 unspecified atom stereocenters. The lowest BCUT2D eigenvalue weighted by atomic mass is 10.2. The third-order valence-electron chi connectivity index (χ3n) is 2.29. The molecule has 0 aliphatic heterocycles. The van der Waals surface area contributed by atoms with Crippen LogP contribution in [0.2, 0.25) is 0 Å². The van der Waals surface area contributed by atoms with E-state index in [1.54, 1.807) is 40.7 Å². The molecule has 1 rings (SSSR count). The summed E-state index contributed by atoms with van der Waals surface area (Å²) in [7, 11) is 0. The van der Waals surface area contributed by atoms with E-state index in [1.165, 1.54) is 4.57 Å². The third kappa shape index (κ3) is 3.73. The summed E-state index contributed by atoms with van der Waals surface area (Å²) in [5.74, 6) is -0.395. The number of esters is 1. The molecular formula is C13H19NO3. The van der Waals surface area contributed by atoms with Crippen molar-refractivity contribution in [3.63, 3.8) is 0 Å². The number of ether oxygens (including phenoxy) is 1. The van der Waals surface area contributed by atoms with E-state index in [4.69, 9.17) is 4.74 Å². The maximum atomic E-state index is 11.8. The average Bonchev–Trinajstić information content (AvgIpc) is 2.16. The van der Waals surface area contributed by atoms with Gasteiger partial charge in [0.2, 0.25) is 0 Å². The summed E-state index contributed by atoms with van der Waals surface area (Å²) in [6, 6.07) is 3.57. The second-order valence-electron chi connectivity index (χ2n) is 5.14. The molecule has 0 radical (unpaired) electrons. The summed E-state index contributed by atoms with van der Waals surface area (Å²) in [5.41, 5.74) is 0.708. The van der Waals surface area contributed by atoms with Gasteiger partial charge in [-0.25, -0.2) is 0 Å². The number of aryl methyl sites for hydroxylation is 2. The molecular weight excluding hydrogens is 218 g/mol. The molecule has 1 aromatic rings. The minimum atomic E-state index is -0.529. The third-order valence-corrected chi connectivity index (χ3v) is 2.29. The highest BCUT2D eigenvalue weighted by Gasteiger charge is 2.17. The molecule has 0 atom stereocenters. The van der Waals surface area contributed by atoms with Gasteiger partial charge in [0, 0.05) is 11.3 Å². The van der Waals surface area contributed by atoms with E-state index >= 15 is 0 Å². The van der Waals surface area contributed by atoms with Crippen LogP contribution in [0, 0.1) is 13.8 Å². The summed E-state index contributed by atoms with van der Waals surface area (Å²) < 4.78 is 6.63. The normalized spacial score (nSPS) is 11.4. The monoisotopic (exact) mass is 237 g/mol. The van der Waals surface area contributed by atoms with Crippen LogP contribution in [-0.2, 0) is 16.1 Å². The first-order chi connectivity index (χ1) is 7.70. The smallest absolute Gasteiger partial charge is 0.326 e. The minimum absolute atomic E-state index is 0.0381. The molecule has 4 heteroatoms. The van der Waals surface area contributed by atoms with Crippen LogP contribution in [0.15, 0.2) is 16.9 Å². The lowest BCUT2D eigenvalue weighted by Gasteiger charge is -2.20. The minimum Gasteiger partial charge on any atom is -0.459 e. The Balaban J connectivity index is 2.93. The first-order valence-electron chi connectivity index (χ1n) is 5.59. The molecule has 17 heavy (non-hydrogen) atoms. The largest absolute Gasteiger partial charge is 0.459 e. The van der Waals surface area contributed by atoms with Crippen LogP contribution in [0.1, 0.15) is 32.0 Å². The number of rotatable bonds is 2. The van der Waals surface area contributed by atoms with Gasteiger partial charge < -0.3 is 9.30 Å². The molecule has 94 valence electrons. The van der Waals surface area contributed by atoms with Crippen molar-refractivity contribution in [1.82, 2.24) is 4.57 Å². The van der Waals surface area contributed by atoms with Crippen molar-refractivity contribution in [2.24, 2.45) is 0 Å². The predicted molar refractivity (Wildman–Crippen MR) is 66.0 cm³/mol. The van der Waals surface area contributed by atoms with Crippen LogP contribution in [0.3, 0.4) is 0 Å². The van der Waals surface area contributed by atoms with Gasteiger partial charge in [-0.1, -0.05) is 6.07 Å². The molecule has 0 saturated carbocycles. The van der Waals surface area contributed by atoms with E-state index in [9.17, 15) is 9.59 Å². The van der Waals surface area contributed by atoms with Gasteiger partial charge in [0.05, 0.1) is 0 Å². The van der Waals surface area contributed by atoms with E-state index in [-0.39, 0.29) is 12.1 Å². The van der Waals surface area contributed by atoms with Crippen molar-refractivity contribution < 1.29 is 9.53 Å². The number of carbonyl (C=O) groups excluding carboxylic acids is 1. The van der Waals surface area contributed by atoms with E-state index in [0.717, 1.165) is 5.69 Å². The highest BCUT2D eigenvalue weighted by atomic mass is 16.6. The first-order valence-corrected chi connectivity index (χ1v) is 5.59. The summed E-state index contributed by atoms with van der Waals surface area (Å²) in [6.45, 7) is 8.90. The molecule has 0 amide bonds. The first kappa shape index (κ1) is 13.5. The Hall–Kier alpha value is -1.58. The molecule has 4 nitrogen and oxygen atoms in total. The zero-order valence-corrected chi connectivity index (χ0v) is 11.0. The van der Waals surface area contributed by atoms with Crippen LogP contribution in [0.5, 0.6) is 0 Å². The van der Waals surface area contributed by atoms with Crippen molar-refractivity contribution in [1.29, 1.82) is 0 Å². The van der Waals surface area contributed by atoms with Crippen molar-refractivity contribution in [3.05, 3.63) is 33.7 Å². The fourth-order valence-electron chi connectivity index (χ4n) is 1.48. The lowest BCUT2D eigenvalue weighted by Crippen LogP contribution is -2.32. The van der Waals surface area contributed by atoms with Crippen LogP contribution >= 0.6 is 0 Å². The number of hydrogen-bond acceptors (Lipinski definition) is 3. The molecule has 1 heterocycles. The maximum Gasteiger partial charge on any atom is 0.326 e. The van der Waals surface area contributed by atoms with Gasteiger partial charge in [-0.2, -0.15) is 0 Å². The SMILES string of the molecule is Cc1ccc(C)n(CC(=O)OC(C)(C)C)c1=O. The summed E-state index contributed by atoms with van der Waals surface area (Å²) in [6.07, 6.45) is 0. The van der Waals surface area contributed by atoms with Gasteiger partial charge in [0.15, 0.2) is 0 Å². The average molecular weight is 237 g/mol. The van der Waals surface area contributed by atoms with Gasteiger partial charge in [-0.15, -0.1) is 0 Å². The zero-order valence-electron chi connectivity index (χ0n) is 11.0. The molecule has 0 saturated heterocycles. The number of nitrogens with zero attached hydrogens (tertiary/aromatic N) is 1. The lowest BCUT2D eigenvalue weighted by molar-refractivity contribution is -0.155. The molecule has 0 aromatic carbocycles. The molecule has 0 aliphatic carbocycles. The van der Waals surface area contributed by atoms with Gasteiger partial charge in [0.25, 0.3) is 5.56 Å². The standard InChI is InChI=1S/C13H19NO3/c1-9-6-7-10(2)14(12(9)16)8-11(15)17-13(3,4)5/h6-7H,8H2,1-5H3. The number of hydrogen-bond donors (Lipinski definition) is 0. The van der Waals surface area contributed by atoms with Crippen LogP contribution in [0.25, 0.3) is 0 Å². The number of aromatic nitrogens is 1. The predicted octanol–water partition coefficient (Wildman–Crippen LogP) is 1.81. The molecule has 0 N–H and O–H groups in total. The second kappa shape index (κ2) is 4.73. The summed E-state index contributed by atoms with van der Waals surface area (Å²) in [4.78, 5) is 23.5. The molecule has 0 bridgehead atoms. The molecule has 0 aliphatic rings. The Bertz CT molecular complexity index is 480. The number of carbonyl (C=O) groups is 1. The van der Waals surface area contributed by atoms with Gasteiger partial charge >= 0.3 is 5.97 Å². The molecule has 0 spiro atoms. The van der Waals surface area contributed by atoms with Crippen molar-refractivity contribution >= 4 is 5.97 Å². The Morgan fingerprint density at radius 3 is 2.41 bits per heavy atom. The quantitative estimate of drug-likeness (QED) is 0.737. The van der Waals surface area contributed by atoms with Gasteiger partial charge in [-0.05, 0) is 40.7 Å². The fraction of sp³-hybridized carbons (Fsp3) is 0.538. The van der Waals surface area contributed by atoms with E-state index in [0.29, 0.717) is 5.56 Å². The van der Waals surface area contributed by atoms with Crippen LogP contribution < -0.4 is 5.56 Å². The highest BCUT2D eigenvalue weighted by molar-refractivity contribution is 5.69. The maximum absolute atomic E-state index is 11.8. The van der Waals surface area contributed by atoms with Crippen molar-refractivity contribution in [2.45, 2.75) is 46.8 Å². The Morgan fingerprint density at radius 2 is 1.88 bits per heavy atom. The van der Waals surface area contributed by atoms with E-state index < -0.39 is 11.6 Å². The van der Waals surface area contributed by atoms with Crippen LogP contribution in [0.4, 0.5) is 0 Å². The van der Waals surface area contributed by atoms with E-state index in [2.05, 4.69) is 0 Å². The zero-order chi connectivity index (χ0) is 13.2. The second-order valence-corrected chi connectivity index (χ2v) is 5.14. The Labute approximate surface area is 101 Å². The summed E-state index contributed by atoms with van der Waals surface area (Å²) >= 11 is 0.